The average Bonchev–Trinajstić information content (AvgIpc) is 3.94. The summed E-state index contributed by atoms with van der Waals surface area (Å²) in [6.07, 6.45) is 10.8. The molecule has 0 radical (unpaired) electrons. The number of fused-ring (bicyclic) bond motifs is 2. The number of aliphatic hydroxyl groups is 2. The van der Waals surface area contributed by atoms with Crippen LogP contribution < -0.4 is 5.46 Å². The largest absolute Gasteiger partial charge is 0.496 e. The summed E-state index contributed by atoms with van der Waals surface area (Å²) in [5.41, 5.74) is 1.58. The maximum Gasteiger partial charge on any atom is 0.496 e. The zero-order chi connectivity index (χ0) is 48.5. The fraction of sp³-hybridized carbons (Fsp3) is 0.625. The minimum absolute atomic E-state index is 0.158. The van der Waals surface area contributed by atoms with E-state index in [0.29, 0.717) is 27.5 Å². The van der Waals surface area contributed by atoms with Crippen LogP contribution in [0, 0.1) is 13.1 Å². The van der Waals surface area contributed by atoms with E-state index in [-0.39, 0.29) is 40.7 Å². The van der Waals surface area contributed by atoms with Crippen molar-refractivity contribution in [1.82, 2.24) is 9.13 Å². The van der Waals surface area contributed by atoms with Crippen molar-refractivity contribution in [3.63, 3.8) is 0 Å². The number of halogens is 3. The molecule has 3 saturated heterocycles. The topological polar surface area (TPSA) is 114 Å². The molecule has 18 heteroatoms. The van der Waals surface area contributed by atoms with Gasteiger partial charge in [-0.15, -0.1) is 0 Å². The molecule has 5 heterocycles. The Labute approximate surface area is 410 Å². The fourth-order valence-corrected chi connectivity index (χ4v) is 10.0. The van der Waals surface area contributed by atoms with Crippen molar-refractivity contribution in [1.29, 1.82) is 0 Å². The molecule has 354 valence electrons. The normalized spacial score (nSPS) is 26.9. The maximum atomic E-state index is 9.89. The van der Waals surface area contributed by atoms with Gasteiger partial charge in [0.25, 0.3) is 0 Å². The van der Waals surface area contributed by atoms with Crippen molar-refractivity contribution in [2.24, 2.45) is 0 Å². The van der Waals surface area contributed by atoms with Gasteiger partial charge in [0.2, 0.25) is 11.4 Å². The summed E-state index contributed by atoms with van der Waals surface area (Å²) in [7, 11) is -1.45. The van der Waals surface area contributed by atoms with Crippen molar-refractivity contribution >= 4 is 98.9 Å². The van der Waals surface area contributed by atoms with Gasteiger partial charge in [-0.1, -0.05) is 23.2 Å². The number of hydrogen-bond acceptors (Lipinski definition) is 8. The molecule has 5 aliphatic rings. The van der Waals surface area contributed by atoms with E-state index in [9.17, 15) is 10.2 Å². The molecule has 9 rings (SSSR count). The standard InChI is InChI=1S/C21H26BClN2O3.C15H14BrClN2O.C12H24B2O4/c1-20(2)21(3,4)28-22(27-20)16-12-25(13-6-8-14(26)9-7-13)19-11-17(23)18(24-5)10-15(16)19;1-18-14-6-11-12(16)8-19(15(11)7-13(14)17)9-2-4-10(20)5-3-9;1-9(2)10(3,4)16-13(15-9)14-17-11(5,6)12(7,8)18-14/h10-14,26H,6-9H2,1-4H3;6-10,20H,2-5H2;1-8H3. The van der Waals surface area contributed by atoms with Crippen molar-refractivity contribution in [3.05, 3.63) is 74.0 Å². The van der Waals surface area contributed by atoms with Gasteiger partial charge in [0, 0.05) is 60.9 Å². The average molecular weight is 1010 g/mol. The second kappa shape index (κ2) is 18.6. The summed E-state index contributed by atoms with van der Waals surface area (Å²) in [5, 5.41) is 22.4. The van der Waals surface area contributed by atoms with Crippen molar-refractivity contribution in [2.45, 2.75) is 192 Å². The van der Waals surface area contributed by atoms with Gasteiger partial charge >= 0.3 is 21.1 Å². The summed E-state index contributed by atoms with van der Waals surface area (Å²) in [6, 6.07) is 8.12. The third-order valence-corrected chi connectivity index (χ3v) is 16.7. The van der Waals surface area contributed by atoms with E-state index in [2.05, 4.69) is 47.1 Å². The number of rotatable bonds is 4. The van der Waals surface area contributed by atoms with Gasteiger partial charge < -0.3 is 47.3 Å². The lowest BCUT2D eigenvalue weighted by atomic mass is 9.49. The molecule has 66 heavy (non-hydrogen) atoms. The first kappa shape index (κ1) is 51.3. The lowest BCUT2D eigenvalue weighted by molar-refractivity contribution is 0.00578. The predicted octanol–water partition coefficient (Wildman–Crippen LogP) is 12.0. The zero-order valence-corrected chi connectivity index (χ0v) is 43.5. The molecule has 0 atom stereocenters. The fourth-order valence-electron chi connectivity index (χ4n) is 9.11. The predicted molar refractivity (Wildman–Crippen MR) is 269 cm³/mol. The van der Waals surface area contributed by atoms with Crippen LogP contribution in [0.15, 0.2) is 41.1 Å². The van der Waals surface area contributed by atoms with Gasteiger partial charge in [-0.25, -0.2) is 9.69 Å². The second-order valence-electron chi connectivity index (χ2n) is 21.5. The Balaban J connectivity index is 0.000000152. The summed E-state index contributed by atoms with van der Waals surface area (Å²) in [4.78, 5) is 7.02. The number of aliphatic hydroxyl groups excluding tert-OH is 2. The van der Waals surface area contributed by atoms with Gasteiger partial charge in [0.05, 0.1) is 59.0 Å². The summed E-state index contributed by atoms with van der Waals surface area (Å²) in [5.74, 6) is 0. The summed E-state index contributed by atoms with van der Waals surface area (Å²) < 4.78 is 41.9. The molecule has 0 unspecified atom stereocenters. The first-order valence-corrected chi connectivity index (χ1v) is 24.7. The molecule has 4 aromatic rings. The zero-order valence-electron chi connectivity index (χ0n) is 40.4. The SMILES string of the molecule is CC1(C)OB(B2OC(C)(C)C(C)(C)O2)OC1(C)C.[C-]#[N+]c1cc2c(B3OC(C)(C)C(C)(C)O3)cn(C3CCC(O)CC3)c2cc1Cl.[C-]#[N+]c1cc2c(Br)cn(C3CCC(O)CC3)c2cc1Cl. The van der Waals surface area contributed by atoms with Crippen LogP contribution in [0.1, 0.15) is 147 Å². The molecule has 2 aromatic heterocycles. The number of aromatic nitrogens is 2. The van der Waals surface area contributed by atoms with Crippen LogP contribution >= 0.6 is 39.1 Å². The minimum Gasteiger partial charge on any atom is -0.405 e. The lowest BCUT2D eigenvalue weighted by Crippen LogP contribution is -2.41. The molecule has 0 spiro atoms. The molecule has 12 nitrogen and oxygen atoms in total. The van der Waals surface area contributed by atoms with E-state index in [1.807, 2.05) is 107 Å². The van der Waals surface area contributed by atoms with E-state index in [0.717, 1.165) is 83.1 Å². The number of nitrogens with zero attached hydrogens (tertiary/aromatic N) is 4. The Bertz CT molecular complexity index is 2450. The molecule has 2 N–H and O–H groups in total. The first-order chi connectivity index (χ1) is 30.6. The molecule has 0 amide bonds. The second-order valence-corrected chi connectivity index (χ2v) is 23.2. The van der Waals surface area contributed by atoms with Gasteiger partial charge in [0.15, 0.2) is 0 Å². The van der Waals surface area contributed by atoms with E-state index in [1.165, 1.54) is 0 Å². The third kappa shape index (κ3) is 9.91. The van der Waals surface area contributed by atoms with Gasteiger partial charge in [0.1, 0.15) is 0 Å². The lowest BCUT2D eigenvalue weighted by Gasteiger charge is -2.32. The van der Waals surface area contributed by atoms with Crippen LogP contribution in [0.2, 0.25) is 10.0 Å². The van der Waals surface area contributed by atoms with Crippen LogP contribution in [0.3, 0.4) is 0 Å². The summed E-state index contributed by atoms with van der Waals surface area (Å²) in [6.45, 7) is 38.9. The maximum absolute atomic E-state index is 9.89. The van der Waals surface area contributed by atoms with Crippen molar-refractivity contribution < 1.29 is 38.1 Å². The Morgan fingerprint density at radius 1 is 0.545 bits per heavy atom. The van der Waals surface area contributed by atoms with Crippen LogP contribution in [0.5, 0.6) is 0 Å². The van der Waals surface area contributed by atoms with E-state index < -0.39 is 32.3 Å². The van der Waals surface area contributed by atoms with Crippen molar-refractivity contribution in [3.8, 4) is 0 Å². The Hall–Kier alpha value is -2.57. The smallest absolute Gasteiger partial charge is 0.405 e. The molecule has 2 aromatic carbocycles. The monoisotopic (exact) mass is 1010 g/mol. The minimum atomic E-state index is -0.498. The molecule has 5 fully saturated rings. The van der Waals surface area contributed by atoms with Crippen LogP contribution in [0.25, 0.3) is 31.5 Å². The highest BCUT2D eigenvalue weighted by molar-refractivity contribution is 9.10. The Kier molecular flexibility index (Phi) is 14.5. The number of hydrogen-bond donors (Lipinski definition) is 2. The highest BCUT2D eigenvalue weighted by Gasteiger charge is 2.64. The van der Waals surface area contributed by atoms with Crippen LogP contribution in [-0.4, -0.2) is 86.3 Å². The summed E-state index contributed by atoms with van der Waals surface area (Å²) >= 11 is 16.1. The molecular formula is C48H64B3BrCl2N4O8. The first-order valence-electron chi connectivity index (χ1n) is 23.1. The van der Waals surface area contributed by atoms with Crippen LogP contribution in [0.4, 0.5) is 11.4 Å². The van der Waals surface area contributed by atoms with Crippen LogP contribution in [-0.2, 0) is 27.9 Å². The van der Waals surface area contributed by atoms with Crippen molar-refractivity contribution in [2.75, 3.05) is 0 Å². The van der Waals surface area contributed by atoms with E-state index in [1.54, 1.807) is 0 Å². The number of benzene rings is 2. The molecule has 2 saturated carbocycles. The quantitative estimate of drug-likeness (QED) is 0.153. The van der Waals surface area contributed by atoms with E-state index in [4.69, 9.17) is 64.3 Å². The Morgan fingerprint density at radius 2 is 0.879 bits per heavy atom. The Morgan fingerprint density at radius 3 is 1.26 bits per heavy atom. The molecular weight excluding hydrogens is 944 g/mol. The highest BCUT2D eigenvalue weighted by atomic mass is 79.9. The van der Waals surface area contributed by atoms with E-state index >= 15 is 0 Å². The third-order valence-electron chi connectivity index (χ3n) is 15.4. The van der Waals surface area contributed by atoms with Gasteiger partial charge in [-0.05, 0) is 180 Å². The van der Waals surface area contributed by atoms with Gasteiger partial charge in [-0.2, -0.15) is 0 Å². The molecule has 3 aliphatic heterocycles. The molecule has 2 aliphatic carbocycles. The van der Waals surface area contributed by atoms with Gasteiger partial charge in [-0.3, -0.25) is 0 Å². The highest BCUT2D eigenvalue weighted by Crippen LogP contribution is 2.44. The molecule has 0 bridgehead atoms.